The lowest BCUT2D eigenvalue weighted by atomic mass is 9.80. The van der Waals surface area contributed by atoms with Gasteiger partial charge in [0, 0.05) is 41.6 Å². The van der Waals surface area contributed by atoms with Crippen LogP contribution < -0.4 is 4.90 Å². The van der Waals surface area contributed by atoms with Crippen LogP contribution in [0, 0.1) is 5.92 Å². The van der Waals surface area contributed by atoms with Gasteiger partial charge in [-0.3, -0.25) is 4.57 Å². The van der Waals surface area contributed by atoms with Crippen LogP contribution in [-0.4, -0.2) is 33.9 Å². The summed E-state index contributed by atoms with van der Waals surface area (Å²) in [5, 5.41) is 0. The van der Waals surface area contributed by atoms with E-state index in [-0.39, 0.29) is 10.8 Å². The van der Waals surface area contributed by atoms with Crippen LogP contribution in [-0.2, 0) is 10.8 Å². The van der Waals surface area contributed by atoms with Gasteiger partial charge in [-0.15, -0.1) is 0 Å². The molecule has 1 aromatic heterocycles. The molecule has 0 N–H and O–H groups in total. The molecule has 1 aliphatic carbocycles. The second-order valence-electron chi connectivity index (χ2n) is 13.9. The van der Waals surface area contributed by atoms with Crippen LogP contribution in [0.4, 0.5) is 11.4 Å². The minimum absolute atomic E-state index is 0.0682. The maximum absolute atomic E-state index is 4.82. The summed E-state index contributed by atoms with van der Waals surface area (Å²) in [5.74, 6) is 0.529. The van der Waals surface area contributed by atoms with E-state index >= 15 is 0 Å². The third-order valence-corrected chi connectivity index (χ3v) is 10.2. The fourth-order valence-electron chi connectivity index (χ4n) is 7.93. The van der Waals surface area contributed by atoms with Crippen LogP contribution in [0.1, 0.15) is 58.6 Å². The number of likely N-dealkylation sites (N-methyl/N-ethyl adjacent to an activating group) is 1. The zero-order valence-electron chi connectivity index (χ0n) is 27.1. The molecule has 1 unspecified atom stereocenters. The number of fused-ring (bicyclic) bond motifs is 3. The van der Waals surface area contributed by atoms with E-state index in [1.807, 2.05) is 6.33 Å². The maximum atomic E-state index is 4.82. The Balaban J connectivity index is 1.39. The quantitative estimate of drug-likeness (QED) is 0.225. The number of rotatable bonds is 4. The van der Waals surface area contributed by atoms with E-state index in [2.05, 4.69) is 160 Å². The molecule has 0 fully saturated rings. The number of hydrogen-bond acceptors (Lipinski definition) is 2. The van der Waals surface area contributed by atoms with Crippen molar-refractivity contribution in [3.8, 4) is 0 Å². The zero-order valence-corrected chi connectivity index (χ0v) is 27.1. The lowest BCUT2D eigenvalue weighted by Crippen LogP contribution is -2.26. The molecule has 1 atom stereocenters. The van der Waals surface area contributed by atoms with Gasteiger partial charge in [0.1, 0.15) is 13.4 Å². The summed E-state index contributed by atoms with van der Waals surface area (Å²) >= 11 is 0. The van der Waals surface area contributed by atoms with E-state index in [1.165, 1.54) is 50.8 Å². The molecule has 3 aliphatic rings. The van der Waals surface area contributed by atoms with Crippen molar-refractivity contribution in [1.82, 2.24) is 9.55 Å². The van der Waals surface area contributed by atoms with Crippen LogP contribution >= 0.6 is 0 Å². The lowest BCUT2D eigenvalue weighted by Gasteiger charge is -2.28. The molecule has 0 saturated carbocycles. The van der Waals surface area contributed by atoms with Gasteiger partial charge in [0.25, 0.3) is 0 Å². The first-order valence-electron chi connectivity index (χ1n) is 15.9. The molecule has 0 radical (unpaired) electrons. The first-order valence-corrected chi connectivity index (χ1v) is 15.9. The van der Waals surface area contributed by atoms with Gasteiger partial charge in [0.2, 0.25) is 5.69 Å². The number of anilines is 1. The Bertz CT molecular complexity index is 1960. The van der Waals surface area contributed by atoms with Crippen molar-refractivity contribution in [2.45, 2.75) is 58.3 Å². The van der Waals surface area contributed by atoms with E-state index in [9.17, 15) is 0 Å². The van der Waals surface area contributed by atoms with Crippen molar-refractivity contribution in [3.63, 3.8) is 0 Å². The summed E-state index contributed by atoms with van der Waals surface area (Å²) in [4.78, 5) is 7.18. The largest absolute Gasteiger partial charge is 0.347 e. The van der Waals surface area contributed by atoms with Gasteiger partial charge in [-0.2, -0.15) is 4.58 Å². The van der Waals surface area contributed by atoms with E-state index in [1.54, 1.807) is 0 Å². The van der Waals surface area contributed by atoms with Crippen LogP contribution in [0.25, 0.3) is 16.7 Å². The van der Waals surface area contributed by atoms with Gasteiger partial charge in [-0.1, -0.05) is 81.5 Å². The standard InChI is InChI=1S/C40H43N4/c1-27-24-28(20-22-36-39(2,3)30-14-8-11-17-33(30)42(36)6)38(44-26-41-32-16-10-13-19-35(32)44)29(25-27)21-23-37-40(4,5)31-15-9-12-18-34(31)43(37)7/h8-23,26-27H,24-25H2,1-7H3/q+1. The van der Waals surface area contributed by atoms with Crippen LogP contribution in [0.5, 0.6) is 0 Å². The highest BCUT2D eigenvalue weighted by atomic mass is 15.2. The Morgan fingerprint density at radius 3 is 2.30 bits per heavy atom. The monoisotopic (exact) mass is 579 g/mol. The predicted octanol–water partition coefficient (Wildman–Crippen LogP) is 9.18. The average molecular weight is 580 g/mol. The minimum Gasteiger partial charge on any atom is -0.347 e. The smallest absolute Gasteiger partial charge is 0.209 e. The number of nitrogens with zero attached hydrogens (tertiary/aromatic N) is 4. The zero-order chi connectivity index (χ0) is 30.8. The molecular formula is C40H43N4+. The Labute approximate surface area is 262 Å². The fraction of sp³-hybridized carbons (Fsp3) is 0.300. The van der Waals surface area contributed by atoms with Crippen molar-refractivity contribution < 1.29 is 4.58 Å². The molecule has 4 heteroatoms. The summed E-state index contributed by atoms with van der Waals surface area (Å²) in [7, 11) is 4.40. The molecule has 3 heterocycles. The highest BCUT2D eigenvalue weighted by molar-refractivity contribution is 6.03. The molecule has 222 valence electrons. The summed E-state index contributed by atoms with van der Waals surface area (Å²) in [5.41, 5.74) is 14.0. The normalized spacial score (nSPS) is 22.6. The highest BCUT2D eigenvalue weighted by Gasteiger charge is 2.43. The van der Waals surface area contributed by atoms with Crippen molar-refractivity contribution >= 4 is 33.8 Å². The Kier molecular flexibility index (Phi) is 6.65. The first kappa shape index (κ1) is 28.3. The Hall–Kier alpha value is -4.44. The summed E-state index contributed by atoms with van der Waals surface area (Å²) in [6.45, 7) is 11.7. The van der Waals surface area contributed by atoms with E-state index in [0.717, 1.165) is 23.9 Å². The first-order chi connectivity index (χ1) is 21.1. The second kappa shape index (κ2) is 10.3. The predicted molar refractivity (Wildman–Crippen MR) is 185 cm³/mol. The molecule has 4 aromatic rings. The number of hydrogen-bond donors (Lipinski definition) is 0. The molecule has 3 aromatic carbocycles. The van der Waals surface area contributed by atoms with Gasteiger partial charge in [-0.05, 0) is 73.6 Å². The summed E-state index contributed by atoms with van der Waals surface area (Å²) in [6, 6.07) is 26.1. The van der Waals surface area contributed by atoms with Crippen molar-refractivity contribution in [1.29, 1.82) is 0 Å². The van der Waals surface area contributed by atoms with Crippen molar-refractivity contribution in [2.75, 3.05) is 19.0 Å². The number of imidazole rings is 1. The Morgan fingerprint density at radius 1 is 0.818 bits per heavy atom. The molecule has 0 saturated heterocycles. The molecular weight excluding hydrogens is 536 g/mol. The van der Waals surface area contributed by atoms with Crippen LogP contribution in [0.2, 0.25) is 0 Å². The average Bonchev–Trinajstić information content (AvgIpc) is 3.58. The van der Waals surface area contributed by atoms with E-state index in [4.69, 9.17) is 4.98 Å². The molecule has 0 amide bonds. The van der Waals surface area contributed by atoms with Gasteiger partial charge in [0.05, 0.1) is 22.1 Å². The SMILES string of the molecule is CC1CC(/C=C/C2=[N+](C)c3ccccc3C2(C)C)=C(n2cnc3ccccc32)C(=C/C=C2/N(C)c3ccccc3C2(C)C)/C1. The Morgan fingerprint density at radius 2 is 1.52 bits per heavy atom. The number of benzene rings is 3. The molecule has 0 bridgehead atoms. The minimum atomic E-state index is -0.0682. The van der Waals surface area contributed by atoms with Gasteiger partial charge >= 0.3 is 0 Å². The number of para-hydroxylation sites is 4. The van der Waals surface area contributed by atoms with Crippen molar-refractivity contribution in [3.05, 3.63) is 131 Å². The van der Waals surface area contributed by atoms with Gasteiger partial charge < -0.3 is 4.90 Å². The van der Waals surface area contributed by atoms with E-state index in [0.29, 0.717) is 5.92 Å². The summed E-state index contributed by atoms with van der Waals surface area (Å²) in [6.07, 6.45) is 13.6. The molecule has 44 heavy (non-hydrogen) atoms. The van der Waals surface area contributed by atoms with Gasteiger partial charge in [-0.25, -0.2) is 4.98 Å². The maximum Gasteiger partial charge on any atom is 0.209 e. The third-order valence-electron chi connectivity index (χ3n) is 10.2. The number of allylic oxidation sites excluding steroid dienone is 8. The fourth-order valence-corrected chi connectivity index (χ4v) is 7.93. The molecule has 2 aliphatic heterocycles. The third kappa shape index (κ3) is 4.34. The van der Waals surface area contributed by atoms with Crippen molar-refractivity contribution in [2.24, 2.45) is 5.92 Å². The van der Waals surface area contributed by atoms with Gasteiger partial charge in [0.15, 0.2) is 5.71 Å². The van der Waals surface area contributed by atoms with Crippen LogP contribution in [0.15, 0.2) is 120 Å². The summed E-state index contributed by atoms with van der Waals surface area (Å²) < 4.78 is 4.69. The van der Waals surface area contributed by atoms with E-state index < -0.39 is 0 Å². The topological polar surface area (TPSA) is 24.1 Å². The molecule has 4 nitrogen and oxygen atoms in total. The van der Waals surface area contributed by atoms with Crippen LogP contribution in [0.3, 0.4) is 0 Å². The molecule has 7 rings (SSSR count). The lowest BCUT2D eigenvalue weighted by molar-refractivity contribution is -0.401. The highest BCUT2D eigenvalue weighted by Crippen LogP contribution is 2.47. The molecule has 0 spiro atoms. The second-order valence-corrected chi connectivity index (χ2v) is 13.9. The number of aromatic nitrogens is 2.